The highest BCUT2D eigenvalue weighted by molar-refractivity contribution is 7.80. The Morgan fingerprint density at radius 3 is 2.68 bits per heavy atom. The summed E-state index contributed by atoms with van der Waals surface area (Å²) in [5, 5.41) is 7.71. The highest BCUT2D eigenvalue weighted by atomic mass is 32.1. The molecule has 0 aliphatic rings. The topological polar surface area (TPSA) is 55.9 Å². The maximum atomic E-state index is 5.75. The van der Waals surface area contributed by atoms with Crippen molar-refractivity contribution in [1.29, 1.82) is 0 Å². The third-order valence-electron chi connectivity index (χ3n) is 3.02. The Hall–Kier alpha value is -1.88. The van der Waals surface area contributed by atoms with E-state index in [0.29, 0.717) is 4.99 Å². The van der Waals surface area contributed by atoms with Crippen molar-refractivity contribution < 1.29 is 0 Å². The molecule has 0 saturated carbocycles. The molecule has 3 N–H and O–H groups in total. The molecule has 2 rings (SSSR count). The van der Waals surface area contributed by atoms with Gasteiger partial charge in [-0.25, -0.2) is 0 Å². The SMILES string of the molecule is Cc1nn(C)c(NCCc2ccccc2)c1C(N)=S. The first kappa shape index (κ1) is 13.5. The van der Waals surface area contributed by atoms with E-state index >= 15 is 0 Å². The molecular weight excluding hydrogens is 256 g/mol. The van der Waals surface area contributed by atoms with Gasteiger partial charge < -0.3 is 11.1 Å². The summed E-state index contributed by atoms with van der Waals surface area (Å²) in [6.07, 6.45) is 0.946. The lowest BCUT2D eigenvalue weighted by Gasteiger charge is -2.09. The van der Waals surface area contributed by atoms with Gasteiger partial charge in [0.15, 0.2) is 0 Å². The fraction of sp³-hybridized carbons (Fsp3) is 0.286. The molecule has 100 valence electrons. The number of nitrogens with two attached hydrogens (primary N) is 1. The van der Waals surface area contributed by atoms with Gasteiger partial charge in [-0.1, -0.05) is 42.5 Å². The summed E-state index contributed by atoms with van der Waals surface area (Å²) in [5.74, 6) is 0.890. The Kier molecular flexibility index (Phi) is 4.16. The Balaban J connectivity index is 2.06. The van der Waals surface area contributed by atoms with Crippen LogP contribution in [0.15, 0.2) is 30.3 Å². The molecule has 0 amide bonds. The monoisotopic (exact) mass is 274 g/mol. The molecule has 1 heterocycles. The smallest absolute Gasteiger partial charge is 0.134 e. The van der Waals surface area contributed by atoms with Crippen LogP contribution < -0.4 is 11.1 Å². The summed E-state index contributed by atoms with van der Waals surface area (Å²) in [6.45, 7) is 2.73. The van der Waals surface area contributed by atoms with Crippen LogP contribution in [0.4, 0.5) is 5.82 Å². The Labute approximate surface area is 118 Å². The van der Waals surface area contributed by atoms with Crippen LogP contribution in [0.3, 0.4) is 0 Å². The summed E-state index contributed by atoms with van der Waals surface area (Å²) in [7, 11) is 1.89. The molecule has 0 atom stereocenters. The lowest BCUT2D eigenvalue weighted by atomic mass is 10.1. The van der Waals surface area contributed by atoms with Gasteiger partial charge >= 0.3 is 0 Å². The van der Waals surface area contributed by atoms with Crippen LogP contribution in [0, 0.1) is 6.92 Å². The summed E-state index contributed by atoms with van der Waals surface area (Å²) >= 11 is 5.08. The average Bonchev–Trinajstić information content (AvgIpc) is 2.65. The molecule has 0 spiro atoms. The predicted molar refractivity (Wildman–Crippen MR) is 82.5 cm³/mol. The average molecular weight is 274 g/mol. The number of hydrogen-bond acceptors (Lipinski definition) is 3. The molecule has 0 saturated heterocycles. The zero-order valence-electron chi connectivity index (χ0n) is 11.2. The van der Waals surface area contributed by atoms with Gasteiger partial charge in [0.2, 0.25) is 0 Å². The van der Waals surface area contributed by atoms with Crippen molar-refractivity contribution >= 4 is 23.0 Å². The van der Waals surface area contributed by atoms with Crippen molar-refractivity contribution in [2.24, 2.45) is 12.8 Å². The number of anilines is 1. The number of aromatic nitrogens is 2. The van der Waals surface area contributed by atoms with Gasteiger partial charge in [-0.15, -0.1) is 0 Å². The molecule has 0 fully saturated rings. The number of nitrogens with zero attached hydrogens (tertiary/aromatic N) is 2. The molecule has 0 radical (unpaired) electrons. The Morgan fingerprint density at radius 1 is 1.37 bits per heavy atom. The molecule has 5 heteroatoms. The van der Waals surface area contributed by atoms with E-state index in [9.17, 15) is 0 Å². The van der Waals surface area contributed by atoms with Crippen LogP contribution >= 0.6 is 12.2 Å². The van der Waals surface area contributed by atoms with Crippen LogP contribution in [0.2, 0.25) is 0 Å². The number of benzene rings is 1. The highest BCUT2D eigenvalue weighted by Gasteiger charge is 2.14. The minimum absolute atomic E-state index is 0.382. The zero-order valence-corrected chi connectivity index (χ0v) is 12.0. The summed E-state index contributed by atoms with van der Waals surface area (Å²) in [5.41, 5.74) is 8.74. The van der Waals surface area contributed by atoms with Gasteiger partial charge in [-0.2, -0.15) is 5.10 Å². The highest BCUT2D eigenvalue weighted by Crippen LogP contribution is 2.18. The first-order valence-corrected chi connectivity index (χ1v) is 6.61. The third kappa shape index (κ3) is 3.12. The summed E-state index contributed by atoms with van der Waals surface area (Å²) < 4.78 is 1.79. The van der Waals surface area contributed by atoms with Gasteiger partial charge in [0.25, 0.3) is 0 Å². The van der Waals surface area contributed by atoms with Gasteiger partial charge in [0.05, 0.1) is 11.3 Å². The van der Waals surface area contributed by atoms with E-state index in [-0.39, 0.29) is 0 Å². The normalized spacial score (nSPS) is 10.4. The van der Waals surface area contributed by atoms with Gasteiger partial charge in [-0.3, -0.25) is 4.68 Å². The van der Waals surface area contributed by atoms with Crippen LogP contribution in [0.5, 0.6) is 0 Å². The minimum Gasteiger partial charge on any atom is -0.389 e. The van der Waals surface area contributed by atoms with E-state index in [1.165, 1.54) is 5.56 Å². The van der Waals surface area contributed by atoms with E-state index < -0.39 is 0 Å². The summed E-state index contributed by atoms with van der Waals surface area (Å²) in [6, 6.07) is 10.3. The van der Waals surface area contributed by atoms with Gasteiger partial charge in [0, 0.05) is 13.6 Å². The largest absolute Gasteiger partial charge is 0.389 e. The van der Waals surface area contributed by atoms with Crippen molar-refractivity contribution in [3.05, 3.63) is 47.2 Å². The van der Waals surface area contributed by atoms with E-state index in [4.69, 9.17) is 18.0 Å². The van der Waals surface area contributed by atoms with E-state index in [1.54, 1.807) is 4.68 Å². The second-order valence-electron chi connectivity index (χ2n) is 4.46. The quantitative estimate of drug-likeness (QED) is 0.819. The van der Waals surface area contributed by atoms with E-state index in [2.05, 4.69) is 22.5 Å². The fourth-order valence-electron chi connectivity index (χ4n) is 2.13. The van der Waals surface area contributed by atoms with Crippen molar-refractivity contribution in [3.8, 4) is 0 Å². The van der Waals surface area contributed by atoms with Crippen molar-refractivity contribution in [3.63, 3.8) is 0 Å². The maximum absolute atomic E-state index is 5.75. The fourth-order valence-corrected chi connectivity index (χ4v) is 2.37. The Bertz CT molecular complexity index is 575. The Morgan fingerprint density at radius 2 is 2.05 bits per heavy atom. The number of nitrogens with one attached hydrogen (secondary N) is 1. The standard InChI is InChI=1S/C14H18N4S/c1-10-12(13(15)19)14(18(2)17-10)16-9-8-11-6-4-3-5-7-11/h3-7,16H,8-9H2,1-2H3,(H2,15,19). The molecule has 0 unspecified atom stereocenters. The molecule has 0 aliphatic heterocycles. The third-order valence-corrected chi connectivity index (χ3v) is 3.22. The lowest BCUT2D eigenvalue weighted by Crippen LogP contribution is -2.15. The number of thiocarbonyl (C=S) groups is 1. The van der Waals surface area contributed by atoms with Crippen LogP contribution in [-0.2, 0) is 13.5 Å². The number of aryl methyl sites for hydroxylation is 2. The maximum Gasteiger partial charge on any atom is 0.134 e. The molecule has 1 aromatic heterocycles. The second kappa shape index (κ2) is 5.84. The number of rotatable bonds is 5. The van der Waals surface area contributed by atoms with Gasteiger partial charge in [0.1, 0.15) is 10.8 Å². The molecule has 0 bridgehead atoms. The van der Waals surface area contributed by atoms with E-state index in [0.717, 1.165) is 30.0 Å². The summed E-state index contributed by atoms with van der Waals surface area (Å²) in [4.78, 5) is 0.382. The lowest BCUT2D eigenvalue weighted by molar-refractivity contribution is 0.757. The molecule has 0 aliphatic carbocycles. The first-order chi connectivity index (χ1) is 9.09. The predicted octanol–water partition coefficient (Wildman–Crippen LogP) is 2.02. The van der Waals surface area contributed by atoms with Gasteiger partial charge in [-0.05, 0) is 18.9 Å². The van der Waals surface area contributed by atoms with Crippen LogP contribution in [0.25, 0.3) is 0 Å². The molecule has 1 aromatic carbocycles. The molecule has 2 aromatic rings. The molecular formula is C14H18N4S. The number of hydrogen-bond donors (Lipinski definition) is 2. The zero-order chi connectivity index (χ0) is 13.8. The molecule has 19 heavy (non-hydrogen) atoms. The van der Waals surface area contributed by atoms with Crippen molar-refractivity contribution in [2.75, 3.05) is 11.9 Å². The second-order valence-corrected chi connectivity index (χ2v) is 4.90. The van der Waals surface area contributed by atoms with E-state index in [1.807, 2.05) is 32.2 Å². The van der Waals surface area contributed by atoms with Crippen LogP contribution in [0.1, 0.15) is 16.8 Å². The minimum atomic E-state index is 0.382. The van der Waals surface area contributed by atoms with Crippen molar-refractivity contribution in [2.45, 2.75) is 13.3 Å². The first-order valence-electron chi connectivity index (χ1n) is 6.21. The van der Waals surface area contributed by atoms with Crippen LogP contribution in [-0.4, -0.2) is 21.3 Å². The molecule has 4 nitrogen and oxygen atoms in total. The van der Waals surface area contributed by atoms with Crippen molar-refractivity contribution in [1.82, 2.24) is 9.78 Å².